The van der Waals surface area contributed by atoms with Crippen LogP contribution in [0.15, 0.2) is 46.9 Å². The zero-order valence-corrected chi connectivity index (χ0v) is 13.6. The molecule has 0 radical (unpaired) electrons. The fourth-order valence-corrected chi connectivity index (χ4v) is 2.36. The fraction of sp³-hybridized carbons (Fsp3) is 0.294. The molecule has 0 amide bonds. The van der Waals surface area contributed by atoms with Gasteiger partial charge in [0.2, 0.25) is 0 Å². The Labute approximate surface area is 129 Å². The lowest BCUT2D eigenvalue weighted by Gasteiger charge is -2.15. The molecule has 0 aliphatic heterocycles. The van der Waals surface area contributed by atoms with Gasteiger partial charge in [-0.1, -0.05) is 48.0 Å². The first-order valence-corrected chi connectivity index (χ1v) is 7.59. The van der Waals surface area contributed by atoms with Gasteiger partial charge in [0.05, 0.1) is 0 Å². The van der Waals surface area contributed by atoms with E-state index >= 15 is 0 Å². The normalized spacial score (nSPS) is 12.5. The molecule has 0 aliphatic rings. The van der Waals surface area contributed by atoms with Crippen molar-refractivity contribution in [3.63, 3.8) is 0 Å². The van der Waals surface area contributed by atoms with E-state index in [1.165, 1.54) is 5.56 Å². The third-order valence-corrected chi connectivity index (χ3v) is 3.73. The van der Waals surface area contributed by atoms with Crippen molar-refractivity contribution in [3.8, 4) is 11.5 Å². The van der Waals surface area contributed by atoms with Gasteiger partial charge < -0.3 is 10.5 Å². The van der Waals surface area contributed by atoms with Crippen molar-refractivity contribution in [3.05, 3.63) is 58.1 Å². The van der Waals surface area contributed by atoms with Crippen LogP contribution in [0.3, 0.4) is 0 Å². The van der Waals surface area contributed by atoms with Gasteiger partial charge in [-0.2, -0.15) is 0 Å². The van der Waals surface area contributed by atoms with E-state index < -0.39 is 0 Å². The molecule has 2 aromatic rings. The lowest BCUT2D eigenvalue weighted by molar-refractivity contribution is 0.471. The maximum Gasteiger partial charge on any atom is 0.133 e. The summed E-state index contributed by atoms with van der Waals surface area (Å²) >= 11 is 3.47. The average Bonchev–Trinajstić information content (AvgIpc) is 2.39. The lowest BCUT2D eigenvalue weighted by Crippen LogP contribution is -2.06. The Morgan fingerprint density at radius 3 is 2.20 bits per heavy atom. The van der Waals surface area contributed by atoms with Crippen molar-refractivity contribution in [2.75, 3.05) is 0 Å². The van der Waals surface area contributed by atoms with E-state index in [9.17, 15) is 0 Å². The summed E-state index contributed by atoms with van der Waals surface area (Å²) in [5, 5.41) is 0. The monoisotopic (exact) mass is 333 g/mol. The molecular formula is C17H20BrNO. The first-order valence-electron chi connectivity index (χ1n) is 6.80. The quantitative estimate of drug-likeness (QED) is 0.814. The minimum absolute atomic E-state index is 0.0620. The second-order valence-corrected chi connectivity index (χ2v) is 6.21. The second-order valence-electron chi connectivity index (χ2n) is 5.30. The molecule has 0 bridgehead atoms. The Hall–Kier alpha value is -1.32. The number of hydrogen-bond acceptors (Lipinski definition) is 2. The molecule has 2 aromatic carbocycles. The summed E-state index contributed by atoms with van der Waals surface area (Å²) in [6.07, 6.45) is 0. The molecular weight excluding hydrogens is 314 g/mol. The van der Waals surface area contributed by atoms with Crippen LogP contribution in [0.2, 0.25) is 0 Å². The molecule has 0 fully saturated rings. The molecule has 0 spiro atoms. The fourth-order valence-electron chi connectivity index (χ4n) is 2.02. The molecule has 0 aliphatic carbocycles. The van der Waals surface area contributed by atoms with Crippen molar-refractivity contribution in [1.82, 2.24) is 0 Å². The molecule has 20 heavy (non-hydrogen) atoms. The zero-order chi connectivity index (χ0) is 14.7. The summed E-state index contributed by atoms with van der Waals surface area (Å²) < 4.78 is 6.96. The molecule has 1 atom stereocenters. The summed E-state index contributed by atoms with van der Waals surface area (Å²) in [6, 6.07) is 14.1. The highest BCUT2D eigenvalue weighted by Gasteiger charge is 2.10. The molecule has 0 aromatic heterocycles. The van der Waals surface area contributed by atoms with Crippen LogP contribution in [0.25, 0.3) is 0 Å². The van der Waals surface area contributed by atoms with E-state index in [2.05, 4.69) is 41.9 Å². The molecule has 2 nitrogen and oxygen atoms in total. The standard InChI is InChI=1S/C17H20BrNO/c1-11(2)13-4-7-15(8-5-13)20-17-10-14(18)6-9-16(17)12(3)19/h4-12H,19H2,1-3H3. The van der Waals surface area contributed by atoms with E-state index in [1.807, 2.05) is 37.3 Å². The van der Waals surface area contributed by atoms with Crippen LogP contribution in [0, 0.1) is 0 Å². The summed E-state index contributed by atoms with van der Waals surface area (Å²) in [5.74, 6) is 2.15. The smallest absolute Gasteiger partial charge is 0.133 e. The molecule has 2 N–H and O–H groups in total. The van der Waals surface area contributed by atoms with Crippen molar-refractivity contribution < 1.29 is 4.74 Å². The first-order chi connectivity index (χ1) is 9.47. The Bertz CT molecular complexity index is 576. The maximum atomic E-state index is 5.99. The molecule has 0 heterocycles. The van der Waals surface area contributed by atoms with E-state index in [-0.39, 0.29) is 6.04 Å². The van der Waals surface area contributed by atoms with Crippen LogP contribution in [0.1, 0.15) is 43.9 Å². The van der Waals surface area contributed by atoms with Gasteiger partial charge >= 0.3 is 0 Å². The van der Waals surface area contributed by atoms with Crippen LogP contribution < -0.4 is 10.5 Å². The predicted molar refractivity (Wildman–Crippen MR) is 87.3 cm³/mol. The third-order valence-electron chi connectivity index (χ3n) is 3.24. The summed E-state index contributed by atoms with van der Waals surface area (Å²) in [5.41, 5.74) is 8.29. The highest BCUT2D eigenvalue weighted by Crippen LogP contribution is 2.32. The molecule has 106 valence electrons. The van der Waals surface area contributed by atoms with Gasteiger partial charge in [0.1, 0.15) is 11.5 Å². The van der Waals surface area contributed by atoms with Crippen molar-refractivity contribution in [2.24, 2.45) is 5.73 Å². The summed E-state index contributed by atoms with van der Waals surface area (Å²) in [4.78, 5) is 0. The molecule has 0 saturated carbocycles. The first kappa shape index (κ1) is 15.1. The van der Waals surface area contributed by atoms with Gasteiger partial charge in [-0.05, 0) is 42.7 Å². The number of benzene rings is 2. The minimum Gasteiger partial charge on any atom is -0.457 e. The molecule has 1 unspecified atom stereocenters. The topological polar surface area (TPSA) is 35.2 Å². The van der Waals surface area contributed by atoms with Gasteiger partial charge in [0.25, 0.3) is 0 Å². The zero-order valence-electron chi connectivity index (χ0n) is 12.1. The van der Waals surface area contributed by atoms with Gasteiger partial charge in [-0.15, -0.1) is 0 Å². The predicted octanol–water partition coefficient (Wildman–Crippen LogP) is 5.38. The summed E-state index contributed by atoms with van der Waals surface area (Å²) in [6.45, 7) is 6.31. The van der Waals surface area contributed by atoms with Crippen molar-refractivity contribution in [1.29, 1.82) is 0 Å². The van der Waals surface area contributed by atoms with Crippen molar-refractivity contribution >= 4 is 15.9 Å². The van der Waals surface area contributed by atoms with E-state index in [1.54, 1.807) is 0 Å². The van der Waals surface area contributed by atoms with Gasteiger partial charge in [-0.25, -0.2) is 0 Å². The number of nitrogens with two attached hydrogens (primary N) is 1. The number of ether oxygens (including phenoxy) is 1. The third kappa shape index (κ3) is 3.62. The van der Waals surface area contributed by atoms with Crippen LogP contribution in [0.4, 0.5) is 0 Å². The van der Waals surface area contributed by atoms with Crippen molar-refractivity contribution in [2.45, 2.75) is 32.7 Å². The Balaban J connectivity index is 2.27. The van der Waals surface area contributed by atoms with Crippen LogP contribution in [-0.2, 0) is 0 Å². The molecule has 3 heteroatoms. The largest absolute Gasteiger partial charge is 0.457 e. The van der Waals surface area contributed by atoms with Gasteiger partial charge in [-0.3, -0.25) is 0 Å². The Morgan fingerprint density at radius 2 is 1.65 bits per heavy atom. The van der Waals surface area contributed by atoms with Crippen LogP contribution in [-0.4, -0.2) is 0 Å². The minimum atomic E-state index is -0.0620. The van der Waals surface area contributed by atoms with E-state index in [0.29, 0.717) is 5.92 Å². The second kappa shape index (κ2) is 6.42. The number of halogens is 1. The number of hydrogen-bond donors (Lipinski definition) is 1. The van der Waals surface area contributed by atoms with E-state index in [4.69, 9.17) is 10.5 Å². The number of rotatable bonds is 4. The highest BCUT2D eigenvalue weighted by molar-refractivity contribution is 9.10. The summed E-state index contributed by atoms with van der Waals surface area (Å²) in [7, 11) is 0. The van der Waals surface area contributed by atoms with Crippen LogP contribution in [0.5, 0.6) is 11.5 Å². The lowest BCUT2D eigenvalue weighted by atomic mass is 10.0. The molecule has 2 rings (SSSR count). The van der Waals surface area contributed by atoms with Gasteiger partial charge in [0.15, 0.2) is 0 Å². The Morgan fingerprint density at radius 1 is 1.00 bits per heavy atom. The van der Waals surface area contributed by atoms with Crippen LogP contribution >= 0.6 is 15.9 Å². The maximum absolute atomic E-state index is 5.99. The Kier molecular flexibility index (Phi) is 4.84. The average molecular weight is 334 g/mol. The highest BCUT2D eigenvalue weighted by atomic mass is 79.9. The molecule has 0 saturated heterocycles. The van der Waals surface area contributed by atoms with Gasteiger partial charge in [0, 0.05) is 16.1 Å². The SMILES string of the molecule is CC(C)c1ccc(Oc2cc(Br)ccc2C(C)N)cc1. The van der Waals surface area contributed by atoms with E-state index in [0.717, 1.165) is 21.5 Å².